The van der Waals surface area contributed by atoms with Crippen molar-refractivity contribution in [2.24, 2.45) is 0 Å². The number of hydrogen-bond acceptors (Lipinski definition) is 2. The zero-order chi connectivity index (χ0) is 15.9. The summed E-state index contributed by atoms with van der Waals surface area (Å²) in [7, 11) is 0. The highest BCUT2D eigenvalue weighted by atomic mass is 19.4. The van der Waals surface area contributed by atoms with Crippen LogP contribution in [0.25, 0.3) is 5.69 Å². The Morgan fingerprint density at radius 2 is 2.00 bits per heavy atom. The molecule has 3 rings (SSSR count). The Morgan fingerprint density at radius 1 is 1.32 bits per heavy atom. The summed E-state index contributed by atoms with van der Waals surface area (Å²) in [5.41, 5.74) is -0.534. The van der Waals surface area contributed by atoms with Gasteiger partial charge < -0.3 is 5.32 Å². The molecular formula is C15H14F3N3O. The highest BCUT2D eigenvalue weighted by molar-refractivity contribution is 5.95. The highest BCUT2D eigenvalue weighted by Crippen LogP contribution is 2.34. The van der Waals surface area contributed by atoms with E-state index in [0.717, 1.165) is 23.7 Å². The van der Waals surface area contributed by atoms with E-state index in [1.807, 2.05) is 0 Å². The van der Waals surface area contributed by atoms with Crippen molar-refractivity contribution < 1.29 is 18.0 Å². The molecule has 1 N–H and O–H groups in total. The van der Waals surface area contributed by atoms with Gasteiger partial charge in [-0.25, -0.2) is 4.68 Å². The van der Waals surface area contributed by atoms with E-state index in [1.165, 1.54) is 0 Å². The van der Waals surface area contributed by atoms with Crippen molar-refractivity contribution in [3.63, 3.8) is 0 Å². The van der Waals surface area contributed by atoms with Crippen molar-refractivity contribution >= 4 is 5.91 Å². The Bertz CT molecular complexity index is 717. The van der Waals surface area contributed by atoms with E-state index in [2.05, 4.69) is 10.4 Å². The maximum absolute atomic E-state index is 13.4. The number of aromatic nitrogens is 2. The molecule has 0 atom stereocenters. The summed E-state index contributed by atoms with van der Waals surface area (Å²) in [5.74, 6) is -0.727. The molecule has 2 aromatic rings. The van der Waals surface area contributed by atoms with Crippen molar-refractivity contribution in [1.82, 2.24) is 15.1 Å². The summed E-state index contributed by atoms with van der Waals surface area (Å²) in [6, 6.07) is 6.58. The molecule has 4 nitrogen and oxygen atoms in total. The number of benzene rings is 1. The number of nitrogens with zero attached hydrogens (tertiary/aromatic N) is 2. The number of carbonyl (C=O) groups is 1. The van der Waals surface area contributed by atoms with Crippen LogP contribution in [0.2, 0.25) is 0 Å². The minimum absolute atomic E-state index is 0.0182. The van der Waals surface area contributed by atoms with Gasteiger partial charge in [0.2, 0.25) is 0 Å². The number of hydrogen-bond donors (Lipinski definition) is 1. The van der Waals surface area contributed by atoms with Gasteiger partial charge in [0.1, 0.15) is 0 Å². The predicted octanol–water partition coefficient (Wildman–Crippen LogP) is 3.09. The highest BCUT2D eigenvalue weighted by Gasteiger charge is 2.41. The lowest BCUT2D eigenvalue weighted by molar-refractivity contribution is -0.143. The number of alkyl halides is 3. The molecule has 1 saturated carbocycles. The topological polar surface area (TPSA) is 46.9 Å². The molecule has 1 aliphatic carbocycles. The quantitative estimate of drug-likeness (QED) is 0.947. The second-order valence-corrected chi connectivity index (χ2v) is 5.35. The van der Waals surface area contributed by atoms with Crippen LogP contribution < -0.4 is 5.32 Å². The van der Waals surface area contributed by atoms with Crippen LogP contribution in [0.5, 0.6) is 0 Å². The first-order valence-electron chi connectivity index (χ1n) is 6.90. The van der Waals surface area contributed by atoms with Gasteiger partial charge in [-0.15, -0.1) is 0 Å². The molecule has 1 amide bonds. The number of aryl methyl sites for hydroxylation is 1. The maximum atomic E-state index is 13.4. The van der Waals surface area contributed by atoms with Crippen molar-refractivity contribution in [1.29, 1.82) is 0 Å². The molecule has 7 heteroatoms. The average molecular weight is 309 g/mol. The van der Waals surface area contributed by atoms with Gasteiger partial charge in [-0.05, 0) is 31.4 Å². The molecule has 0 radical (unpaired) electrons. The van der Waals surface area contributed by atoms with E-state index in [1.54, 1.807) is 31.2 Å². The summed E-state index contributed by atoms with van der Waals surface area (Å²) in [6.07, 6.45) is -2.08. The zero-order valence-electron chi connectivity index (χ0n) is 11.8. The Hall–Kier alpha value is -2.31. The smallest absolute Gasteiger partial charge is 0.349 e. The minimum Gasteiger partial charge on any atom is -0.349 e. The summed E-state index contributed by atoms with van der Waals surface area (Å²) < 4.78 is 41.1. The van der Waals surface area contributed by atoms with E-state index in [9.17, 15) is 18.0 Å². The average Bonchev–Trinajstić information content (AvgIpc) is 3.13. The SMILES string of the molecule is Cc1ccccc1-n1ncc(C(=O)NC2CC2)c1C(F)(F)F. The van der Waals surface area contributed by atoms with E-state index in [4.69, 9.17) is 0 Å². The normalized spacial score (nSPS) is 14.9. The molecule has 0 bridgehead atoms. The van der Waals surface area contributed by atoms with E-state index in [0.29, 0.717) is 11.3 Å². The van der Waals surface area contributed by atoms with Crippen LogP contribution in [0.1, 0.15) is 34.5 Å². The van der Waals surface area contributed by atoms with E-state index >= 15 is 0 Å². The molecule has 0 aliphatic heterocycles. The Morgan fingerprint density at radius 3 is 2.59 bits per heavy atom. The number of nitrogens with one attached hydrogen (secondary N) is 1. The Balaban J connectivity index is 2.09. The standard InChI is InChI=1S/C15H14F3N3O/c1-9-4-2-3-5-12(9)21-13(15(16,17)18)11(8-19-21)14(22)20-10-6-7-10/h2-5,8,10H,6-7H2,1H3,(H,20,22). The summed E-state index contributed by atoms with van der Waals surface area (Å²) >= 11 is 0. The predicted molar refractivity (Wildman–Crippen MR) is 73.8 cm³/mol. The summed E-state index contributed by atoms with van der Waals surface area (Å²) in [5, 5.41) is 6.37. The second-order valence-electron chi connectivity index (χ2n) is 5.35. The third-order valence-electron chi connectivity index (χ3n) is 3.54. The number of rotatable bonds is 3. The van der Waals surface area contributed by atoms with E-state index < -0.39 is 23.3 Å². The molecule has 0 saturated heterocycles. The van der Waals surface area contributed by atoms with Gasteiger partial charge in [-0.3, -0.25) is 4.79 Å². The van der Waals surface area contributed by atoms with Crippen LogP contribution in [0.3, 0.4) is 0 Å². The Labute approximate surface area is 124 Å². The third kappa shape index (κ3) is 2.70. The lowest BCUT2D eigenvalue weighted by Crippen LogP contribution is -2.28. The molecule has 116 valence electrons. The molecule has 0 unspecified atom stereocenters. The van der Waals surface area contributed by atoms with Crippen LogP contribution in [0, 0.1) is 6.92 Å². The molecule has 22 heavy (non-hydrogen) atoms. The molecule has 1 aliphatic rings. The van der Waals surface area contributed by atoms with Crippen molar-refractivity contribution in [3.05, 3.63) is 47.3 Å². The Kier molecular flexibility index (Phi) is 3.42. The van der Waals surface area contributed by atoms with Crippen molar-refractivity contribution in [3.8, 4) is 5.69 Å². The second kappa shape index (κ2) is 5.15. The van der Waals surface area contributed by atoms with Crippen LogP contribution >= 0.6 is 0 Å². The number of halogens is 3. The van der Waals surface area contributed by atoms with Gasteiger partial charge >= 0.3 is 6.18 Å². The molecule has 0 spiro atoms. The van der Waals surface area contributed by atoms with Crippen LogP contribution in [0.4, 0.5) is 13.2 Å². The monoisotopic (exact) mass is 309 g/mol. The molecular weight excluding hydrogens is 295 g/mol. The first-order chi connectivity index (χ1) is 10.4. The number of para-hydroxylation sites is 1. The van der Waals surface area contributed by atoms with Gasteiger partial charge in [0, 0.05) is 6.04 Å². The largest absolute Gasteiger partial charge is 0.434 e. The van der Waals surface area contributed by atoms with Gasteiger partial charge in [0.25, 0.3) is 5.91 Å². The lowest BCUT2D eigenvalue weighted by atomic mass is 10.1. The summed E-state index contributed by atoms with van der Waals surface area (Å²) in [6.45, 7) is 1.70. The van der Waals surface area contributed by atoms with Gasteiger partial charge in [-0.1, -0.05) is 18.2 Å². The van der Waals surface area contributed by atoms with Crippen LogP contribution in [0.15, 0.2) is 30.5 Å². The fourth-order valence-corrected chi connectivity index (χ4v) is 2.26. The van der Waals surface area contributed by atoms with Gasteiger partial charge in [0.15, 0.2) is 5.69 Å². The lowest BCUT2D eigenvalue weighted by Gasteiger charge is -2.14. The van der Waals surface area contributed by atoms with Crippen molar-refractivity contribution in [2.75, 3.05) is 0 Å². The van der Waals surface area contributed by atoms with Crippen LogP contribution in [-0.4, -0.2) is 21.7 Å². The zero-order valence-corrected chi connectivity index (χ0v) is 11.8. The maximum Gasteiger partial charge on any atom is 0.434 e. The molecule has 1 aromatic carbocycles. The minimum atomic E-state index is -4.67. The van der Waals surface area contributed by atoms with E-state index in [-0.39, 0.29) is 6.04 Å². The number of carbonyl (C=O) groups excluding carboxylic acids is 1. The first-order valence-corrected chi connectivity index (χ1v) is 6.90. The number of amides is 1. The van der Waals surface area contributed by atoms with Crippen LogP contribution in [-0.2, 0) is 6.18 Å². The molecule has 1 aromatic heterocycles. The third-order valence-corrected chi connectivity index (χ3v) is 3.54. The van der Waals surface area contributed by atoms with Crippen molar-refractivity contribution in [2.45, 2.75) is 32.0 Å². The molecule has 1 heterocycles. The van der Waals surface area contributed by atoms with Gasteiger partial charge in [-0.2, -0.15) is 18.3 Å². The fraction of sp³-hybridized carbons (Fsp3) is 0.333. The van der Waals surface area contributed by atoms with Gasteiger partial charge in [0.05, 0.1) is 17.4 Å². The molecule has 1 fully saturated rings. The first kappa shape index (κ1) is 14.6. The summed E-state index contributed by atoms with van der Waals surface area (Å²) in [4.78, 5) is 12.0. The fourth-order valence-electron chi connectivity index (χ4n) is 2.26.